The first-order valence-corrected chi connectivity index (χ1v) is 18.1. The molecule has 0 aliphatic rings. The Kier molecular flexibility index (Phi) is 8.33. The van der Waals surface area contributed by atoms with Gasteiger partial charge in [-0.2, -0.15) is 5.10 Å². The third-order valence-electron chi connectivity index (χ3n) is 9.76. The van der Waals surface area contributed by atoms with Crippen molar-refractivity contribution in [1.29, 1.82) is 0 Å². The lowest BCUT2D eigenvalue weighted by Gasteiger charge is -2.22. The van der Waals surface area contributed by atoms with Crippen molar-refractivity contribution in [3.05, 3.63) is 132 Å². The van der Waals surface area contributed by atoms with Crippen molar-refractivity contribution in [3.8, 4) is 34.1 Å². The highest BCUT2D eigenvalue weighted by atomic mass is 16.5. The number of hydrogen-bond acceptors (Lipinski definition) is 3. The maximum atomic E-state index is 8.41. The number of hydrogen-bond donors (Lipinski definition) is 0. The third-order valence-corrected chi connectivity index (χ3v) is 9.76. The van der Waals surface area contributed by atoms with Gasteiger partial charge in [0.25, 0.3) is 0 Å². The summed E-state index contributed by atoms with van der Waals surface area (Å²) in [5, 5.41) is 7.40. The Morgan fingerprint density at radius 3 is 2.08 bits per heavy atom. The molecule has 7 rings (SSSR count). The van der Waals surface area contributed by atoms with E-state index in [4.69, 9.17) is 16.2 Å². The van der Waals surface area contributed by atoms with Gasteiger partial charge < -0.3 is 4.74 Å². The summed E-state index contributed by atoms with van der Waals surface area (Å²) in [7, 11) is 0. The molecule has 0 bridgehead atoms. The molecule has 0 fully saturated rings. The fourth-order valence-electron chi connectivity index (χ4n) is 7.02. The number of pyridine rings is 1. The van der Waals surface area contributed by atoms with Gasteiger partial charge >= 0.3 is 0 Å². The standard InChI is InChI=1S/C46H50N4O/c1-29(2)43-42(31-16-12-11-13-17-31)44(30(3)4)50(48-43)34-24-33(46(8,9)10)25-36(27-34)51-35-20-21-38-37-18-14-15-19-39(37)49(40(38)28-35)41-26-32(22-23-47-41)45(5,6)7/h11-30H,1-10H3/i14D. The zero-order valence-corrected chi connectivity index (χ0v) is 31.7. The summed E-state index contributed by atoms with van der Waals surface area (Å²) in [5.74, 6) is 2.80. The fourth-order valence-corrected chi connectivity index (χ4v) is 7.02. The number of nitrogens with zero attached hydrogens (tertiary/aromatic N) is 4. The average Bonchev–Trinajstić information content (AvgIpc) is 3.65. The van der Waals surface area contributed by atoms with Gasteiger partial charge in [-0.1, -0.05) is 118 Å². The maximum absolute atomic E-state index is 8.41. The number of para-hydroxylation sites is 1. The van der Waals surface area contributed by atoms with Crippen molar-refractivity contribution in [2.45, 2.75) is 91.9 Å². The molecule has 0 amide bonds. The zero-order chi connectivity index (χ0) is 37.1. The van der Waals surface area contributed by atoms with Crippen molar-refractivity contribution in [1.82, 2.24) is 19.3 Å². The monoisotopic (exact) mass is 675 g/mol. The first-order valence-electron chi connectivity index (χ1n) is 18.6. The predicted molar refractivity (Wildman–Crippen MR) is 213 cm³/mol. The van der Waals surface area contributed by atoms with Crippen LogP contribution in [0.1, 0.15) is 105 Å². The molecule has 0 atom stereocenters. The highest BCUT2D eigenvalue weighted by molar-refractivity contribution is 6.09. The second-order valence-corrected chi connectivity index (χ2v) is 16.4. The number of ether oxygens (including phenoxy) is 1. The lowest BCUT2D eigenvalue weighted by molar-refractivity contribution is 0.478. The molecule has 4 aromatic carbocycles. The molecule has 0 spiro atoms. The maximum Gasteiger partial charge on any atom is 0.137 e. The first kappa shape index (κ1) is 33.0. The summed E-state index contributed by atoms with van der Waals surface area (Å²) in [5.41, 5.74) is 9.87. The number of rotatable bonds is 7. The van der Waals surface area contributed by atoms with Crippen LogP contribution in [0.2, 0.25) is 0 Å². The van der Waals surface area contributed by atoms with E-state index in [1.165, 1.54) is 27.9 Å². The van der Waals surface area contributed by atoms with Crippen LogP contribution in [0.5, 0.6) is 11.5 Å². The Bertz CT molecular complexity index is 2420. The van der Waals surface area contributed by atoms with Gasteiger partial charge in [0.15, 0.2) is 0 Å². The molecule has 0 saturated carbocycles. The van der Waals surface area contributed by atoms with E-state index in [-0.39, 0.29) is 22.7 Å². The molecule has 0 aliphatic carbocycles. The molecular formula is C46H50N4O. The Hall–Kier alpha value is -5.16. The molecular weight excluding hydrogens is 625 g/mol. The van der Waals surface area contributed by atoms with Crippen molar-refractivity contribution < 1.29 is 6.11 Å². The van der Waals surface area contributed by atoms with E-state index >= 15 is 0 Å². The molecule has 0 saturated heterocycles. The van der Waals surface area contributed by atoms with Gasteiger partial charge in [0.05, 0.1) is 29.5 Å². The smallest absolute Gasteiger partial charge is 0.137 e. The van der Waals surface area contributed by atoms with Crippen LogP contribution < -0.4 is 4.74 Å². The summed E-state index contributed by atoms with van der Waals surface area (Å²) < 4.78 is 19.6. The van der Waals surface area contributed by atoms with Crippen LogP contribution in [0, 0.1) is 0 Å². The summed E-state index contributed by atoms with van der Waals surface area (Å²) in [6.45, 7) is 22.3. The molecule has 7 aromatic rings. The SMILES string of the molecule is [2H]c1ccc2c(c1)c1ccc(Oc3cc(-n4nc(C(C)C)c(-c5ccccc5)c4C(C)C)cc(C(C)(C)C)c3)cc1n2-c1cc(C(C)(C)C)ccn1. The molecule has 5 nitrogen and oxygen atoms in total. The Balaban J connectivity index is 1.40. The Morgan fingerprint density at radius 2 is 1.39 bits per heavy atom. The van der Waals surface area contributed by atoms with Crippen LogP contribution in [0.3, 0.4) is 0 Å². The first-order chi connectivity index (χ1) is 24.6. The average molecular weight is 676 g/mol. The molecule has 0 unspecified atom stereocenters. The summed E-state index contributed by atoms with van der Waals surface area (Å²) in [6.07, 6.45) is 1.89. The van der Waals surface area contributed by atoms with Crippen LogP contribution in [-0.2, 0) is 10.8 Å². The summed E-state index contributed by atoms with van der Waals surface area (Å²) >= 11 is 0. The minimum absolute atomic E-state index is 0.0311. The van der Waals surface area contributed by atoms with E-state index in [9.17, 15) is 0 Å². The van der Waals surface area contributed by atoms with E-state index in [1.807, 2.05) is 30.5 Å². The number of benzene rings is 4. The van der Waals surface area contributed by atoms with Gasteiger partial charge in [-0.3, -0.25) is 4.57 Å². The van der Waals surface area contributed by atoms with Crippen LogP contribution in [0.25, 0.3) is 44.4 Å². The Morgan fingerprint density at radius 1 is 0.667 bits per heavy atom. The van der Waals surface area contributed by atoms with Crippen molar-refractivity contribution in [2.24, 2.45) is 0 Å². The van der Waals surface area contributed by atoms with Crippen LogP contribution >= 0.6 is 0 Å². The summed E-state index contributed by atoms with van der Waals surface area (Å²) in [6, 6.07) is 34.0. The van der Waals surface area contributed by atoms with E-state index in [0.29, 0.717) is 6.04 Å². The minimum atomic E-state index is -0.128. The largest absolute Gasteiger partial charge is 0.457 e. The van der Waals surface area contributed by atoms with Gasteiger partial charge in [0, 0.05) is 34.7 Å². The lowest BCUT2D eigenvalue weighted by Crippen LogP contribution is -2.13. The van der Waals surface area contributed by atoms with Gasteiger partial charge in [0.2, 0.25) is 0 Å². The molecule has 3 aromatic heterocycles. The highest BCUT2D eigenvalue weighted by Gasteiger charge is 2.26. The fraction of sp³-hybridized carbons (Fsp3) is 0.304. The number of aromatic nitrogens is 4. The third kappa shape index (κ3) is 6.46. The zero-order valence-electron chi connectivity index (χ0n) is 32.7. The van der Waals surface area contributed by atoms with Crippen LogP contribution in [0.15, 0.2) is 109 Å². The number of fused-ring (bicyclic) bond motifs is 3. The van der Waals surface area contributed by atoms with Crippen LogP contribution in [0.4, 0.5) is 0 Å². The van der Waals surface area contributed by atoms with Crippen LogP contribution in [-0.4, -0.2) is 19.3 Å². The quantitative estimate of drug-likeness (QED) is 0.169. The van der Waals surface area contributed by atoms with E-state index in [1.54, 1.807) is 0 Å². The molecule has 5 heteroatoms. The second-order valence-electron chi connectivity index (χ2n) is 16.4. The summed E-state index contributed by atoms with van der Waals surface area (Å²) in [4.78, 5) is 4.85. The second kappa shape index (κ2) is 12.9. The predicted octanol–water partition coefficient (Wildman–Crippen LogP) is 12.7. The van der Waals surface area contributed by atoms with Crippen molar-refractivity contribution in [2.75, 3.05) is 0 Å². The Labute approximate surface area is 304 Å². The minimum Gasteiger partial charge on any atom is -0.457 e. The van der Waals surface area contributed by atoms with Crippen molar-refractivity contribution >= 4 is 21.8 Å². The van der Waals surface area contributed by atoms with Gasteiger partial charge in [0.1, 0.15) is 17.3 Å². The van der Waals surface area contributed by atoms with Gasteiger partial charge in [-0.15, -0.1) is 0 Å². The molecule has 51 heavy (non-hydrogen) atoms. The highest BCUT2D eigenvalue weighted by Crippen LogP contribution is 2.40. The van der Waals surface area contributed by atoms with Gasteiger partial charge in [-0.25, -0.2) is 9.67 Å². The lowest BCUT2D eigenvalue weighted by atomic mass is 9.86. The molecule has 0 N–H and O–H groups in total. The van der Waals surface area contributed by atoms with Gasteiger partial charge in [-0.05, 0) is 81.8 Å². The van der Waals surface area contributed by atoms with E-state index in [0.717, 1.165) is 50.5 Å². The molecule has 260 valence electrons. The van der Waals surface area contributed by atoms with Crippen molar-refractivity contribution in [3.63, 3.8) is 0 Å². The van der Waals surface area contributed by atoms with E-state index in [2.05, 4.69) is 151 Å². The molecule has 0 aliphatic heterocycles. The van der Waals surface area contributed by atoms with E-state index < -0.39 is 0 Å². The topological polar surface area (TPSA) is 44.9 Å². The normalized spacial score (nSPS) is 12.7. The molecule has 0 radical (unpaired) electrons. The molecule has 3 heterocycles.